The second-order valence-corrected chi connectivity index (χ2v) is 7.69. The fraction of sp³-hybridized carbons (Fsp3) is 0.350. The van der Waals surface area contributed by atoms with Crippen molar-refractivity contribution in [2.75, 3.05) is 31.6 Å². The lowest BCUT2D eigenvalue weighted by molar-refractivity contribution is -0.132. The maximum absolute atomic E-state index is 13.5. The largest absolute Gasteiger partial charge is 0.357 e. The maximum Gasteiger partial charge on any atom is 0.246 e. The van der Waals surface area contributed by atoms with Crippen LogP contribution in [0.2, 0.25) is 10.0 Å². The molecule has 144 valence electrons. The van der Waals surface area contributed by atoms with Gasteiger partial charge in [-0.3, -0.25) is 4.79 Å². The monoisotopic (exact) mass is 409 g/mol. The highest BCUT2D eigenvalue weighted by Crippen LogP contribution is 2.25. The standard InChI is InChI=1S/C20H22Cl2FN3O/c1-13-7-17(23)3-4-18(13)26-6-5-24-11-19(26)20(27)25(2)12-14-8-15(21)10-16(22)9-14/h3-4,7-10,19,24H,5-6,11-12H2,1-2H3/t19-/m1/s1. The number of nitrogens with zero attached hydrogens (tertiary/aromatic N) is 2. The zero-order valence-corrected chi connectivity index (χ0v) is 16.8. The van der Waals surface area contributed by atoms with Crippen molar-refractivity contribution in [1.29, 1.82) is 0 Å². The van der Waals surface area contributed by atoms with Crippen molar-refractivity contribution in [3.8, 4) is 0 Å². The second-order valence-electron chi connectivity index (χ2n) is 6.82. The maximum atomic E-state index is 13.5. The Labute approximate surface area is 168 Å². The number of rotatable bonds is 4. The topological polar surface area (TPSA) is 35.6 Å². The molecule has 3 rings (SSSR count). The minimum absolute atomic E-state index is 0.0120. The van der Waals surface area contributed by atoms with Crippen LogP contribution >= 0.6 is 23.2 Å². The molecule has 0 saturated carbocycles. The van der Waals surface area contributed by atoms with E-state index in [-0.39, 0.29) is 17.8 Å². The summed E-state index contributed by atoms with van der Waals surface area (Å²) in [4.78, 5) is 16.9. The predicted molar refractivity (Wildman–Crippen MR) is 108 cm³/mol. The summed E-state index contributed by atoms with van der Waals surface area (Å²) in [5.74, 6) is -0.286. The molecule has 4 nitrogen and oxygen atoms in total. The van der Waals surface area contributed by atoms with E-state index in [9.17, 15) is 9.18 Å². The number of amides is 1. The Bertz CT molecular complexity index is 826. The number of piperazine rings is 1. The van der Waals surface area contributed by atoms with Crippen molar-refractivity contribution in [3.05, 3.63) is 63.4 Å². The van der Waals surface area contributed by atoms with Gasteiger partial charge in [0.05, 0.1) is 0 Å². The minimum atomic E-state index is -0.359. The van der Waals surface area contributed by atoms with Crippen molar-refractivity contribution in [1.82, 2.24) is 10.2 Å². The molecule has 0 radical (unpaired) electrons. The van der Waals surface area contributed by atoms with Crippen LogP contribution in [-0.2, 0) is 11.3 Å². The van der Waals surface area contributed by atoms with E-state index in [0.29, 0.717) is 29.7 Å². The smallest absolute Gasteiger partial charge is 0.246 e. The van der Waals surface area contributed by atoms with Gasteiger partial charge in [0.25, 0.3) is 0 Å². The van der Waals surface area contributed by atoms with E-state index in [0.717, 1.165) is 23.4 Å². The number of anilines is 1. The van der Waals surface area contributed by atoms with Crippen LogP contribution in [-0.4, -0.2) is 43.5 Å². The van der Waals surface area contributed by atoms with Gasteiger partial charge in [0.15, 0.2) is 0 Å². The third-order valence-corrected chi connectivity index (χ3v) is 5.15. The van der Waals surface area contributed by atoms with Crippen LogP contribution in [0.4, 0.5) is 10.1 Å². The Hall–Kier alpha value is -1.82. The molecule has 0 bridgehead atoms. The van der Waals surface area contributed by atoms with E-state index in [4.69, 9.17) is 23.2 Å². The minimum Gasteiger partial charge on any atom is -0.357 e. The number of halogens is 3. The summed E-state index contributed by atoms with van der Waals surface area (Å²) in [5, 5.41) is 4.36. The molecule has 1 amide bonds. The Morgan fingerprint density at radius 3 is 2.63 bits per heavy atom. The molecule has 0 spiro atoms. The van der Waals surface area contributed by atoms with Crippen molar-refractivity contribution in [3.63, 3.8) is 0 Å². The average Bonchev–Trinajstić information content (AvgIpc) is 2.60. The molecule has 2 aromatic rings. The van der Waals surface area contributed by atoms with Gasteiger partial charge in [-0.15, -0.1) is 0 Å². The lowest BCUT2D eigenvalue weighted by Gasteiger charge is -2.39. The quantitative estimate of drug-likeness (QED) is 0.831. The lowest BCUT2D eigenvalue weighted by atomic mass is 10.1. The molecule has 1 N–H and O–H groups in total. The zero-order valence-electron chi connectivity index (χ0n) is 15.3. The first-order chi connectivity index (χ1) is 12.8. The van der Waals surface area contributed by atoms with E-state index < -0.39 is 0 Å². The van der Waals surface area contributed by atoms with E-state index in [1.54, 1.807) is 36.2 Å². The number of hydrogen-bond donors (Lipinski definition) is 1. The first-order valence-corrected chi connectivity index (χ1v) is 9.54. The number of carbonyl (C=O) groups excluding carboxylic acids is 1. The zero-order chi connectivity index (χ0) is 19.6. The van der Waals surface area contributed by atoms with Crippen LogP contribution in [0, 0.1) is 12.7 Å². The molecule has 0 aliphatic carbocycles. The van der Waals surface area contributed by atoms with E-state index in [1.807, 2.05) is 6.92 Å². The van der Waals surface area contributed by atoms with Gasteiger partial charge in [0.1, 0.15) is 11.9 Å². The van der Waals surface area contributed by atoms with Gasteiger partial charge >= 0.3 is 0 Å². The highest BCUT2D eigenvalue weighted by molar-refractivity contribution is 6.34. The summed E-state index contributed by atoms with van der Waals surface area (Å²) in [7, 11) is 1.77. The van der Waals surface area contributed by atoms with Gasteiger partial charge < -0.3 is 15.1 Å². The normalized spacial score (nSPS) is 17.1. The summed E-state index contributed by atoms with van der Waals surface area (Å²) >= 11 is 12.1. The van der Waals surface area contributed by atoms with Crippen LogP contribution in [0.25, 0.3) is 0 Å². The number of nitrogens with one attached hydrogen (secondary N) is 1. The lowest BCUT2D eigenvalue weighted by Crippen LogP contribution is -2.58. The van der Waals surface area contributed by atoms with Gasteiger partial charge in [-0.2, -0.15) is 0 Å². The highest BCUT2D eigenvalue weighted by atomic mass is 35.5. The number of aryl methyl sites for hydroxylation is 1. The number of hydrogen-bond acceptors (Lipinski definition) is 3. The van der Waals surface area contributed by atoms with Crippen LogP contribution < -0.4 is 10.2 Å². The Balaban J connectivity index is 1.80. The molecule has 0 aromatic heterocycles. The van der Waals surface area contributed by atoms with E-state index >= 15 is 0 Å². The van der Waals surface area contributed by atoms with Crippen molar-refractivity contribution >= 4 is 34.8 Å². The van der Waals surface area contributed by atoms with Crippen molar-refractivity contribution in [2.24, 2.45) is 0 Å². The third kappa shape index (κ3) is 4.72. The van der Waals surface area contributed by atoms with E-state index in [1.165, 1.54) is 12.1 Å². The van der Waals surface area contributed by atoms with Crippen LogP contribution in [0.5, 0.6) is 0 Å². The molecule has 7 heteroatoms. The van der Waals surface area contributed by atoms with E-state index in [2.05, 4.69) is 10.2 Å². The number of benzene rings is 2. The fourth-order valence-corrected chi connectivity index (χ4v) is 4.03. The van der Waals surface area contributed by atoms with Gasteiger partial charge in [0.2, 0.25) is 5.91 Å². The van der Waals surface area contributed by atoms with Crippen molar-refractivity contribution < 1.29 is 9.18 Å². The van der Waals surface area contributed by atoms with Gasteiger partial charge in [-0.05, 0) is 54.4 Å². The molecule has 27 heavy (non-hydrogen) atoms. The Morgan fingerprint density at radius 1 is 1.26 bits per heavy atom. The Morgan fingerprint density at radius 2 is 1.96 bits per heavy atom. The molecule has 0 unspecified atom stereocenters. The van der Waals surface area contributed by atoms with Crippen LogP contribution in [0.3, 0.4) is 0 Å². The molecule has 1 saturated heterocycles. The van der Waals surface area contributed by atoms with Crippen LogP contribution in [0.15, 0.2) is 36.4 Å². The molecular weight excluding hydrogens is 388 g/mol. The summed E-state index contributed by atoms with van der Waals surface area (Å²) in [5.41, 5.74) is 2.58. The molecule has 1 fully saturated rings. The fourth-order valence-electron chi connectivity index (χ4n) is 3.46. The predicted octanol–water partition coefficient (Wildman–Crippen LogP) is 3.88. The second kappa shape index (κ2) is 8.46. The SMILES string of the molecule is Cc1cc(F)ccc1N1CCNC[C@@H]1C(=O)N(C)Cc1cc(Cl)cc(Cl)c1. The van der Waals surface area contributed by atoms with Gasteiger partial charge in [0, 0.05) is 49.0 Å². The molecule has 1 aliphatic rings. The number of likely N-dealkylation sites (N-methyl/N-ethyl adjacent to an activating group) is 1. The van der Waals surface area contributed by atoms with Crippen LogP contribution in [0.1, 0.15) is 11.1 Å². The summed E-state index contributed by atoms with van der Waals surface area (Å²) in [6, 6.07) is 9.59. The van der Waals surface area contributed by atoms with Crippen molar-refractivity contribution in [2.45, 2.75) is 19.5 Å². The highest BCUT2D eigenvalue weighted by Gasteiger charge is 2.31. The average molecular weight is 410 g/mol. The molecular formula is C20H22Cl2FN3O. The Kier molecular flexibility index (Phi) is 6.25. The van der Waals surface area contributed by atoms with Gasteiger partial charge in [-0.25, -0.2) is 4.39 Å². The molecule has 1 aliphatic heterocycles. The molecule has 1 atom stereocenters. The molecule has 1 heterocycles. The third-order valence-electron chi connectivity index (χ3n) is 4.72. The first-order valence-electron chi connectivity index (χ1n) is 8.78. The molecule has 2 aromatic carbocycles. The summed E-state index contributed by atoms with van der Waals surface area (Å²) < 4.78 is 13.5. The summed E-state index contributed by atoms with van der Waals surface area (Å²) in [6.07, 6.45) is 0. The summed E-state index contributed by atoms with van der Waals surface area (Å²) in [6.45, 7) is 4.26. The number of carbonyl (C=O) groups is 1. The van der Waals surface area contributed by atoms with Gasteiger partial charge in [-0.1, -0.05) is 23.2 Å². The first kappa shape index (κ1) is 19.9.